The van der Waals surface area contributed by atoms with Gasteiger partial charge in [0.15, 0.2) is 0 Å². The number of nitrogens with zero attached hydrogens (tertiary/aromatic N) is 2. The molecule has 0 aliphatic carbocycles. The van der Waals surface area contributed by atoms with Crippen LogP contribution in [-0.4, -0.2) is 50.3 Å². The van der Waals surface area contributed by atoms with Gasteiger partial charge in [-0.3, -0.25) is 4.79 Å². The molecule has 31 heavy (non-hydrogen) atoms. The van der Waals surface area contributed by atoms with Crippen LogP contribution in [0.3, 0.4) is 0 Å². The molecule has 0 saturated carbocycles. The van der Waals surface area contributed by atoms with E-state index < -0.39 is 27.6 Å². The zero-order chi connectivity index (χ0) is 23.1. The Labute approximate surface area is 177 Å². The summed E-state index contributed by atoms with van der Waals surface area (Å²) in [5, 5.41) is 5.41. The lowest BCUT2D eigenvalue weighted by Gasteiger charge is -2.17. The quantitative estimate of drug-likeness (QED) is 0.419. The highest BCUT2D eigenvalue weighted by atomic mass is 32.2. The fourth-order valence-corrected chi connectivity index (χ4v) is 3.73. The second-order valence-corrected chi connectivity index (χ2v) is 8.64. The smallest absolute Gasteiger partial charge is 0.368 e. The summed E-state index contributed by atoms with van der Waals surface area (Å²) in [4.78, 5) is 15.5. The average molecular weight is 462 g/mol. The second kappa shape index (κ2) is 10.5. The number of carbonyl (C=O) groups excluding carboxylic acids is 1. The third kappa shape index (κ3) is 7.47. The summed E-state index contributed by atoms with van der Waals surface area (Å²) in [5.74, 6) is -0.591. The van der Waals surface area contributed by atoms with Crippen molar-refractivity contribution in [2.24, 2.45) is 0 Å². The zero-order valence-corrected chi connectivity index (χ0v) is 17.4. The molecule has 0 radical (unpaired) electrons. The Morgan fingerprint density at radius 1 is 1.10 bits per heavy atom. The summed E-state index contributed by atoms with van der Waals surface area (Å²) in [6.07, 6.45) is -3.37. The minimum absolute atomic E-state index is 0.0381. The predicted octanol–water partition coefficient (Wildman–Crippen LogP) is 2.87. The van der Waals surface area contributed by atoms with Gasteiger partial charge in [0.2, 0.25) is 15.9 Å². The lowest BCUT2D eigenvalue weighted by molar-refractivity contribution is -0.137. The van der Waals surface area contributed by atoms with Crippen molar-refractivity contribution < 1.29 is 30.8 Å². The van der Waals surface area contributed by atoms with Crippen molar-refractivity contribution >= 4 is 21.7 Å². The normalized spacial score (nSPS) is 12.1. The largest absolute Gasteiger partial charge is 0.417 e. The molecule has 2 rings (SSSR count). The van der Waals surface area contributed by atoms with Gasteiger partial charge in [0, 0.05) is 39.3 Å². The third-order valence-electron chi connectivity index (χ3n) is 4.24. The first-order valence-electron chi connectivity index (χ1n) is 9.26. The molecule has 1 heterocycles. The molecule has 2 N–H and O–H groups in total. The summed E-state index contributed by atoms with van der Waals surface area (Å²) >= 11 is 0. The summed E-state index contributed by atoms with van der Waals surface area (Å²) in [7, 11) is -2.40. The average Bonchev–Trinajstić information content (AvgIpc) is 2.71. The number of alkyl halides is 3. The van der Waals surface area contributed by atoms with Crippen molar-refractivity contribution in [1.82, 2.24) is 14.6 Å². The first-order chi connectivity index (χ1) is 14.5. The number of hydrogen-bond acceptors (Lipinski definition) is 5. The van der Waals surface area contributed by atoms with E-state index in [0.29, 0.717) is 0 Å². The van der Waals surface area contributed by atoms with E-state index >= 15 is 0 Å². The molecule has 7 nitrogen and oxygen atoms in total. The first kappa shape index (κ1) is 24.5. The van der Waals surface area contributed by atoms with Crippen LogP contribution in [0.25, 0.3) is 0 Å². The van der Waals surface area contributed by atoms with Crippen molar-refractivity contribution in [2.45, 2.75) is 23.9 Å². The van der Waals surface area contributed by atoms with Crippen LogP contribution in [0.4, 0.5) is 23.4 Å². The van der Waals surface area contributed by atoms with Crippen LogP contribution >= 0.6 is 0 Å². The number of aromatic nitrogens is 1. The minimum Gasteiger partial charge on any atom is -0.368 e. The number of hydrogen-bond donors (Lipinski definition) is 2. The number of carbonyl (C=O) groups is 1. The van der Waals surface area contributed by atoms with Crippen molar-refractivity contribution in [2.75, 3.05) is 32.0 Å². The Kier molecular flexibility index (Phi) is 8.34. The van der Waals surface area contributed by atoms with E-state index in [1.165, 1.54) is 25.2 Å². The highest BCUT2D eigenvalue weighted by Gasteiger charge is 2.30. The standard InChI is InChI=1S/C19H22F4N4O3S/c1-27(31(29,30)16-7-5-15(20)6-8-16)12-2-3-18(28)25-11-10-24-17-9-4-14(13-26-17)19(21,22)23/h4-9,13H,2-3,10-12H2,1H3,(H,24,26)(H,25,28). The fourth-order valence-electron chi connectivity index (χ4n) is 2.52. The van der Waals surface area contributed by atoms with E-state index in [4.69, 9.17) is 0 Å². The van der Waals surface area contributed by atoms with Crippen LogP contribution in [0, 0.1) is 5.82 Å². The molecule has 1 aromatic heterocycles. The Balaban J connectivity index is 1.67. The third-order valence-corrected chi connectivity index (χ3v) is 6.11. The highest BCUT2D eigenvalue weighted by Crippen LogP contribution is 2.28. The maximum Gasteiger partial charge on any atom is 0.417 e. The number of nitrogens with one attached hydrogen (secondary N) is 2. The number of halogens is 4. The maximum atomic E-state index is 12.9. The zero-order valence-electron chi connectivity index (χ0n) is 16.6. The molecule has 12 heteroatoms. The molecule has 2 aromatic rings. The van der Waals surface area contributed by atoms with Gasteiger partial charge in [-0.05, 0) is 42.8 Å². The predicted molar refractivity (Wildman–Crippen MR) is 106 cm³/mol. The number of anilines is 1. The van der Waals surface area contributed by atoms with E-state index in [1.54, 1.807) is 0 Å². The van der Waals surface area contributed by atoms with Gasteiger partial charge >= 0.3 is 6.18 Å². The van der Waals surface area contributed by atoms with Crippen LogP contribution < -0.4 is 10.6 Å². The second-order valence-electron chi connectivity index (χ2n) is 6.59. The number of rotatable bonds is 10. The van der Waals surface area contributed by atoms with Gasteiger partial charge in [-0.15, -0.1) is 0 Å². The van der Waals surface area contributed by atoms with Crippen LogP contribution in [0.15, 0.2) is 47.5 Å². The van der Waals surface area contributed by atoms with Gasteiger partial charge in [-0.2, -0.15) is 13.2 Å². The van der Waals surface area contributed by atoms with Crippen molar-refractivity contribution in [3.05, 3.63) is 54.0 Å². The highest BCUT2D eigenvalue weighted by molar-refractivity contribution is 7.89. The molecular weight excluding hydrogens is 440 g/mol. The minimum atomic E-state index is -4.45. The van der Waals surface area contributed by atoms with Crippen LogP contribution in [0.1, 0.15) is 18.4 Å². The molecule has 0 atom stereocenters. The van der Waals surface area contributed by atoms with E-state index in [-0.39, 0.29) is 49.1 Å². The van der Waals surface area contributed by atoms with Crippen molar-refractivity contribution in [1.29, 1.82) is 0 Å². The monoisotopic (exact) mass is 462 g/mol. The molecule has 0 unspecified atom stereocenters. The Morgan fingerprint density at radius 2 is 1.77 bits per heavy atom. The number of sulfonamides is 1. The van der Waals surface area contributed by atoms with Crippen LogP contribution in [0.2, 0.25) is 0 Å². The van der Waals surface area contributed by atoms with E-state index in [9.17, 15) is 30.8 Å². The Bertz CT molecular complexity index is 965. The molecular formula is C19H22F4N4O3S. The fraction of sp³-hybridized carbons (Fsp3) is 0.368. The number of pyridine rings is 1. The number of benzene rings is 1. The van der Waals surface area contributed by atoms with Gasteiger partial charge in [0.25, 0.3) is 0 Å². The summed E-state index contributed by atoms with van der Waals surface area (Å²) < 4.78 is 76.2. The summed E-state index contributed by atoms with van der Waals surface area (Å²) in [5.41, 5.74) is -0.849. The Morgan fingerprint density at radius 3 is 2.35 bits per heavy atom. The van der Waals surface area contributed by atoms with Crippen molar-refractivity contribution in [3.63, 3.8) is 0 Å². The number of amides is 1. The first-order valence-corrected chi connectivity index (χ1v) is 10.7. The molecule has 1 aromatic carbocycles. The molecule has 0 spiro atoms. The molecule has 170 valence electrons. The Hall–Kier alpha value is -2.73. The lowest BCUT2D eigenvalue weighted by Crippen LogP contribution is -2.31. The van der Waals surface area contributed by atoms with E-state index in [0.717, 1.165) is 28.7 Å². The van der Waals surface area contributed by atoms with Gasteiger partial charge < -0.3 is 10.6 Å². The SMILES string of the molecule is CN(CCCC(=O)NCCNc1ccc(C(F)(F)F)cn1)S(=O)(=O)c1ccc(F)cc1. The van der Waals surface area contributed by atoms with Gasteiger partial charge in [0.05, 0.1) is 10.5 Å². The van der Waals surface area contributed by atoms with Crippen LogP contribution in [-0.2, 0) is 21.0 Å². The summed E-state index contributed by atoms with van der Waals surface area (Å²) in [6.45, 7) is 0.565. The van der Waals surface area contributed by atoms with E-state index in [2.05, 4.69) is 15.6 Å². The topological polar surface area (TPSA) is 91.4 Å². The van der Waals surface area contributed by atoms with E-state index in [1.807, 2.05) is 0 Å². The molecule has 0 bridgehead atoms. The molecule has 0 fully saturated rings. The van der Waals surface area contributed by atoms with Gasteiger partial charge in [-0.1, -0.05) is 0 Å². The molecule has 0 aliphatic rings. The van der Waals surface area contributed by atoms with Crippen molar-refractivity contribution in [3.8, 4) is 0 Å². The maximum absolute atomic E-state index is 12.9. The summed E-state index contributed by atoms with van der Waals surface area (Å²) in [6, 6.07) is 6.57. The van der Waals surface area contributed by atoms with Gasteiger partial charge in [0.1, 0.15) is 11.6 Å². The van der Waals surface area contributed by atoms with Gasteiger partial charge in [-0.25, -0.2) is 22.1 Å². The molecule has 0 saturated heterocycles. The lowest BCUT2D eigenvalue weighted by atomic mass is 10.3. The van der Waals surface area contributed by atoms with Crippen LogP contribution in [0.5, 0.6) is 0 Å². The molecule has 1 amide bonds. The molecule has 0 aliphatic heterocycles.